The van der Waals surface area contributed by atoms with E-state index in [-0.39, 0.29) is 5.97 Å². The van der Waals surface area contributed by atoms with Gasteiger partial charge in [0.05, 0.1) is 0 Å². The van der Waals surface area contributed by atoms with Crippen molar-refractivity contribution >= 4 is 37.4 Å². The zero-order chi connectivity index (χ0) is 15.5. The summed E-state index contributed by atoms with van der Waals surface area (Å²) in [5.74, 6) is -0.192. The van der Waals surface area contributed by atoms with Gasteiger partial charge in [-0.3, -0.25) is 0 Å². The molecule has 2 aromatic carbocycles. The predicted octanol–water partition coefficient (Wildman–Crippen LogP) is 3.24. The van der Waals surface area contributed by atoms with Crippen LogP contribution < -0.4 is 10.6 Å². The third kappa shape index (κ3) is 3.74. The van der Waals surface area contributed by atoms with Crippen LogP contribution in [0.25, 0.3) is 0 Å². The molecule has 2 nitrogen and oxygen atoms in total. The number of carbonyl (C=O) groups is 1. The van der Waals surface area contributed by atoms with Crippen molar-refractivity contribution in [3.63, 3.8) is 0 Å². The Morgan fingerprint density at radius 3 is 1.62 bits per heavy atom. The van der Waals surface area contributed by atoms with Gasteiger partial charge >= 0.3 is 134 Å². The summed E-state index contributed by atoms with van der Waals surface area (Å²) in [7, 11) is 0. The second kappa shape index (κ2) is 6.32. The third-order valence-electron chi connectivity index (χ3n) is 3.02. The first-order valence-corrected chi connectivity index (χ1v) is 10.7. The molecule has 0 aliphatic carbocycles. The Labute approximate surface area is 133 Å². The molecular weight excluding hydrogens is 346 g/mol. The van der Waals surface area contributed by atoms with E-state index in [2.05, 4.69) is 15.1 Å². The molecule has 0 saturated carbocycles. The summed E-state index contributed by atoms with van der Waals surface area (Å²) in [4.78, 5) is 12.4. The standard InChI is InChI=1S/C17H19O2PSe/c1-17(2,3)16(18)19-20(21,14-10-6-4-7-11-14)15-12-8-5-9-13-15/h4-13H,1-3H3. The van der Waals surface area contributed by atoms with Gasteiger partial charge in [0.2, 0.25) is 0 Å². The Bertz CT molecular complexity index is 617. The van der Waals surface area contributed by atoms with Crippen LogP contribution in [0.3, 0.4) is 0 Å². The quantitative estimate of drug-likeness (QED) is 0.617. The number of rotatable bonds is 3. The summed E-state index contributed by atoms with van der Waals surface area (Å²) in [5.41, 5.74) is -2.83. The zero-order valence-electron chi connectivity index (χ0n) is 12.4. The van der Waals surface area contributed by atoms with E-state index in [0.717, 1.165) is 10.6 Å². The monoisotopic (exact) mass is 366 g/mol. The molecule has 2 aromatic rings. The molecule has 0 saturated heterocycles. The third-order valence-corrected chi connectivity index (χ3v) is 8.52. The van der Waals surface area contributed by atoms with Crippen molar-refractivity contribution < 1.29 is 9.32 Å². The van der Waals surface area contributed by atoms with Gasteiger partial charge in [-0.1, -0.05) is 0 Å². The average molecular weight is 365 g/mol. The molecule has 0 heterocycles. The molecule has 0 unspecified atom stereocenters. The molecule has 0 radical (unpaired) electrons. The molecule has 0 aromatic heterocycles. The van der Waals surface area contributed by atoms with Crippen LogP contribution in [0.4, 0.5) is 0 Å². The van der Waals surface area contributed by atoms with Crippen LogP contribution in [0, 0.1) is 5.41 Å². The van der Waals surface area contributed by atoms with Crippen LogP contribution in [-0.2, 0) is 9.32 Å². The van der Waals surface area contributed by atoms with Crippen molar-refractivity contribution in [2.75, 3.05) is 0 Å². The first-order valence-electron chi connectivity index (χ1n) is 6.79. The fourth-order valence-electron chi connectivity index (χ4n) is 1.76. The minimum absolute atomic E-state index is 0.192. The van der Waals surface area contributed by atoms with E-state index in [9.17, 15) is 4.79 Å². The molecule has 0 amide bonds. The first kappa shape index (κ1) is 16.2. The van der Waals surface area contributed by atoms with E-state index in [1.165, 1.54) is 0 Å². The number of carbonyl (C=O) groups excluding carboxylic acids is 1. The molecule has 4 heteroatoms. The molecule has 0 spiro atoms. The van der Waals surface area contributed by atoms with E-state index in [4.69, 9.17) is 4.52 Å². The average Bonchev–Trinajstić information content (AvgIpc) is 2.48. The molecule has 0 fully saturated rings. The van der Waals surface area contributed by atoms with Crippen molar-refractivity contribution in [1.82, 2.24) is 0 Å². The summed E-state index contributed by atoms with van der Waals surface area (Å²) < 4.78 is 5.99. The van der Waals surface area contributed by atoms with Crippen LogP contribution in [0.2, 0.25) is 0 Å². The van der Waals surface area contributed by atoms with Crippen LogP contribution in [0.1, 0.15) is 20.8 Å². The summed E-state index contributed by atoms with van der Waals surface area (Å²) in [6.07, 6.45) is 0. The predicted molar refractivity (Wildman–Crippen MR) is 90.4 cm³/mol. The Morgan fingerprint density at radius 1 is 0.905 bits per heavy atom. The molecular formula is C17H19O2PSe. The SMILES string of the molecule is CC(C)(C)C(=O)OP(=[Se])(c1ccccc1)c1ccccc1. The van der Waals surface area contributed by atoms with Gasteiger partial charge in [-0.05, 0) is 0 Å². The molecule has 0 atom stereocenters. The number of hydrogen-bond acceptors (Lipinski definition) is 2. The summed E-state index contributed by atoms with van der Waals surface area (Å²) in [5, 5.41) is 2.04. The summed E-state index contributed by atoms with van der Waals surface area (Å²) in [6, 6.07) is 19.8. The van der Waals surface area contributed by atoms with Gasteiger partial charge in [0.25, 0.3) is 0 Å². The second-order valence-electron chi connectivity index (χ2n) is 5.85. The maximum absolute atomic E-state index is 12.4. The molecule has 0 aliphatic heterocycles. The molecule has 0 aliphatic rings. The summed E-state index contributed by atoms with van der Waals surface area (Å²) in [6.45, 7) is 5.61. The van der Waals surface area contributed by atoms with Gasteiger partial charge < -0.3 is 0 Å². The van der Waals surface area contributed by atoms with Gasteiger partial charge in [0.1, 0.15) is 0 Å². The van der Waals surface area contributed by atoms with Gasteiger partial charge in [0, 0.05) is 0 Å². The van der Waals surface area contributed by atoms with Crippen LogP contribution in [0.15, 0.2) is 60.7 Å². The molecule has 0 bridgehead atoms. The molecule has 2 rings (SSSR count). The van der Waals surface area contributed by atoms with E-state index >= 15 is 0 Å². The Hall–Kier alpha value is -1.14. The Kier molecular flexibility index (Phi) is 4.88. The normalized spacial score (nSPS) is 12.0. The van der Waals surface area contributed by atoms with Crippen LogP contribution >= 0.6 is 5.74 Å². The minimum atomic E-state index is -2.30. The molecule has 0 N–H and O–H groups in total. The topological polar surface area (TPSA) is 26.3 Å². The van der Waals surface area contributed by atoms with E-state index in [0.29, 0.717) is 0 Å². The Balaban J connectivity index is 2.51. The van der Waals surface area contributed by atoms with Gasteiger partial charge in [0.15, 0.2) is 0 Å². The summed E-state index contributed by atoms with van der Waals surface area (Å²) >= 11 is 3.19. The Morgan fingerprint density at radius 2 is 1.29 bits per heavy atom. The van der Waals surface area contributed by atoms with Crippen molar-refractivity contribution in [2.45, 2.75) is 20.8 Å². The van der Waals surface area contributed by atoms with Crippen LogP contribution in [-0.4, -0.2) is 21.1 Å². The first-order chi connectivity index (χ1) is 9.84. The van der Waals surface area contributed by atoms with Crippen LogP contribution in [0.5, 0.6) is 0 Å². The van der Waals surface area contributed by atoms with Gasteiger partial charge in [-0.15, -0.1) is 0 Å². The van der Waals surface area contributed by atoms with Crippen molar-refractivity contribution in [3.05, 3.63) is 60.7 Å². The van der Waals surface area contributed by atoms with E-state index < -0.39 is 11.2 Å². The van der Waals surface area contributed by atoms with Crippen molar-refractivity contribution in [1.29, 1.82) is 0 Å². The zero-order valence-corrected chi connectivity index (χ0v) is 15.1. The van der Waals surface area contributed by atoms with E-state index in [1.54, 1.807) is 0 Å². The number of benzene rings is 2. The van der Waals surface area contributed by atoms with E-state index in [1.807, 2.05) is 81.4 Å². The molecule has 21 heavy (non-hydrogen) atoms. The van der Waals surface area contributed by atoms with Gasteiger partial charge in [-0.25, -0.2) is 0 Å². The van der Waals surface area contributed by atoms with Crippen molar-refractivity contribution in [2.24, 2.45) is 5.41 Å². The fraction of sp³-hybridized carbons (Fsp3) is 0.235. The fourth-order valence-corrected chi connectivity index (χ4v) is 5.86. The number of hydrogen-bond donors (Lipinski definition) is 0. The van der Waals surface area contributed by atoms with Crippen molar-refractivity contribution in [3.8, 4) is 0 Å². The maximum atomic E-state index is 12.4. The molecule has 110 valence electrons. The van der Waals surface area contributed by atoms with Gasteiger partial charge in [-0.2, -0.15) is 0 Å². The second-order valence-corrected chi connectivity index (χ2v) is 11.4.